The van der Waals surface area contributed by atoms with E-state index in [9.17, 15) is 14.4 Å². The van der Waals surface area contributed by atoms with Gasteiger partial charge in [0.05, 0.1) is 13.7 Å². The number of aromatic nitrogens is 2. The lowest BCUT2D eigenvalue weighted by Crippen LogP contribution is -2.58. The lowest BCUT2D eigenvalue weighted by atomic mass is 9.75. The Hall–Kier alpha value is -5.44. The molecule has 5 aromatic rings. The first-order valence-corrected chi connectivity index (χ1v) is 16.2. The van der Waals surface area contributed by atoms with E-state index >= 15 is 0 Å². The fraction of sp³-hybridized carbons (Fsp3) is 0.282. The van der Waals surface area contributed by atoms with Gasteiger partial charge in [-0.3, -0.25) is 9.59 Å². The van der Waals surface area contributed by atoms with Crippen molar-refractivity contribution in [2.24, 2.45) is 5.92 Å². The van der Waals surface area contributed by atoms with Crippen molar-refractivity contribution < 1.29 is 23.6 Å². The van der Waals surface area contributed by atoms with E-state index in [0.29, 0.717) is 36.5 Å². The summed E-state index contributed by atoms with van der Waals surface area (Å²) in [5, 5.41) is 4.40. The van der Waals surface area contributed by atoms with Crippen LogP contribution in [-0.2, 0) is 28.9 Å². The second kappa shape index (κ2) is 12.3. The predicted octanol–water partition coefficient (Wildman–Crippen LogP) is 5.77. The molecule has 3 heterocycles. The number of hydrogen-bond acceptors (Lipinski definition) is 6. The lowest BCUT2D eigenvalue weighted by Gasteiger charge is -2.40. The molecule has 0 radical (unpaired) electrons. The van der Waals surface area contributed by atoms with Gasteiger partial charge >= 0.3 is 5.97 Å². The normalized spacial score (nSPS) is 19.5. The zero-order valence-electron chi connectivity index (χ0n) is 27.6. The second-order valence-corrected chi connectivity index (χ2v) is 13.0. The highest BCUT2D eigenvalue weighted by Crippen LogP contribution is 2.55. The maximum absolute atomic E-state index is 14.4. The molecule has 3 atom stereocenters. The first-order chi connectivity index (χ1) is 23.2. The van der Waals surface area contributed by atoms with Crippen molar-refractivity contribution in [1.82, 2.24) is 19.5 Å². The van der Waals surface area contributed by atoms with Gasteiger partial charge in [0.2, 0.25) is 0 Å². The monoisotopic (exact) mass is 642 g/mol. The first-order valence-electron chi connectivity index (χ1n) is 16.2. The van der Waals surface area contributed by atoms with Gasteiger partial charge in [-0.1, -0.05) is 84.0 Å². The van der Waals surface area contributed by atoms with Crippen molar-refractivity contribution in [3.05, 3.63) is 136 Å². The Morgan fingerprint density at radius 2 is 1.60 bits per heavy atom. The summed E-state index contributed by atoms with van der Waals surface area (Å²) in [6.45, 7) is 2.61. The van der Waals surface area contributed by atoms with Gasteiger partial charge < -0.3 is 23.6 Å². The molecule has 9 heteroatoms. The molecular formula is C39H38N4O5. The molecule has 1 aliphatic carbocycles. The van der Waals surface area contributed by atoms with Crippen molar-refractivity contribution in [2.45, 2.75) is 37.8 Å². The fourth-order valence-corrected chi connectivity index (χ4v) is 7.85. The van der Waals surface area contributed by atoms with Crippen LogP contribution in [0.4, 0.5) is 0 Å². The second-order valence-electron chi connectivity index (χ2n) is 13.0. The van der Waals surface area contributed by atoms with Gasteiger partial charge in [0.25, 0.3) is 11.8 Å². The number of ether oxygens (including phenoxy) is 1. The smallest absolute Gasteiger partial charge is 0.332 e. The number of nitrogens with zero attached hydrogens (tertiary/aromatic N) is 4. The summed E-state index contributed by atoms with van der Waals surface area (Å²) in [7, 11) is 4.85. The molecule has 9 nitrogen and oxygen atoms in total. The molecule has 7 rings (SSSR count). The highest BCUT2D eigenvalue weighted by atomic mass is 16.5. The van der Waals surface area contributed by atoms with Crippen molar-refractivity contribution in [2.75, 3.05) is 27.7 Å². The summed E-state index contributed by atoms with van der Waals surface area (Å²) in [4.78, 5) is 45.8. The maximum Gasteiger partial charge on any atom is 0.332 e. The number of rotatable bonds is 8. The number of carbonyl (C=O) groups is 3. The first kappa shape index (κ1) is 31.2. The van der Waals surface area contributed by atoms with Gasteiger partial charge in [-0.15, -0.1) is 0 Å². The maximum atomic E-state index is 14.4. The highest BCUT2D eigenvalue weighted by Gasteiger charge is 2.64. The molecule has 0 bridgehead atoms. The number of esters is 1. The molecular weight excluding hydrogens is 604 g/mol. The van der Waals surface area contributed by atoms with Gasteiger partial charge in [0.15, 0.2) is 5.54 Å². The van der Waals surface area contributed by atoms with Crippen molar-refractivity contribution >= 4 is 17.8 Å². The van der Waals surface area contributed by atoms with E-state index in [-0.39, 0.29) is 24.2 Å². The standard InChI is InChI=1S/C39H38N4O5/c1-25-31(35(40-48-25)27-16-10-6-11-17-27)24-42-32-20-29-23-43(36(44)28-18-12-7-13-19-28)39(38(46)47-4,22-26-14-8-5-9-15-26)34(29)30(32)21-33(42)37(45)41(2)3/h5-19,21,29,34H,20,22-24H2,1-4H3/t29-,34+,39+/m0/s1. The van der Waals surface area contributed by atoms with Crippen LogP contribution in [0.3, 0.4) is 0 Å². The molecule has 0 saturated carbocycles. The van der Waals surface area contributed by atoms with Gasteiger partial charge in [0, 0.05) is 55.4 Å². The van der Waals surface area contributed by atoms with Crippen LogP contribution in [0.1, 0.15) is 54.9 Å². The third-order valence-corrected chi connectivity index (χ3v) is 10.0. The Kier molecular flexibility index (Phi) is 7.99. The molecule has 1 fully saturated rings. The Labute approximate surface area is 279 Å². The van der Waals surface area contributed by atoms with Crippen molar-refractivity contribution in [1.29, 1.82) is 0 Å². The van der Waals surface area contributed by atoms with Crippen LogP contribution in [0.15, 0.2) is 102 Å². The summed E-state index contributed by atoms with van der Waals surface area (Å²) in [6.07, 6.45) is 0.850. The molecule has 1 aliphatic heterocycles. The van der Waals surface area contributed by atoms with Crippen LogP contribution in [-0.4, -0.2) is 70.6 Å². The molecule has 2 aliphatic rings. The fourth-order valence-electron chi connectivity index (χ4n) is 7.85. The largest absolute Gasteiger partial charge is 0.467 e. The van der Waals surface area contributed by atoms with Crippen LogP contribution >= 0.6 is 0 Å². The van der Waals surface area contributed by atoms with E-state index < -0.39 is 17.4 Å². The van der Waals surface area contributed by atoms with E-state index in [1.165, 1.54) is 7.11 Å². The summed E-state index contributed by atoms with van der Waals surface area (Å²) in [5.41, 5.74) is 5.00. The Balaban J connectivity index is 1.40. The number of benzene rings is 3. The van der Waals surface area contributed by atoms with E-state index in [2.05, 4.69) is 9.72 Å². The third kappa shape index (κ3) is 5.01. The summed E-state index contributed by atoms with van der Waals surface area (Å²) >= 11 is 0. The Bertz CT molecular complexity index is 1980. The average Bonchev–Trinajstić information content (AvgIpc) is 3.85. The van der Waals surface area contributed by atoms with Gasteiger partial charge in [-0.05, 0) is 48.6 Å². The quantitative estimate of drug-likeness (QED) is 0.200. The summed E-state index contributed by atoms with van der Waals surface area (Å²) < 4.78 is 13.4. The number of methoxy groups -OCH3 is 1. The zero-order chi connectivity index (χ0) is 33.6. The van der Waals surface area contributed by atoms with Crippen LogP contribution < -0.4 is 0 Å². The van der Waals surface area contributed by atoms with Crippen LogP contribution in [0.5, 0.6) is 0 Å². The summed E-state index contributed by atoms with van der Waals surface area (Å²) in [5.74, 6) is -0.643. The van der Waals surface area contributed by atoms with Crippen LogP contribution in [0.25, 0.3) is 11.3 Å². The number of aryl methyl sites for hydroxylation is 1. The van der Waals surface area contributed by atoms with E-state index in [4.69, 9.17) is 9.26 Å². The zero-order valence-corrected chi connectivity index (χ0v) is 27.6. The topological polar surface area (TPSA) is 97.9 Å². The van der Waals surface area contributed by atoms with Gasteiger partial charge in [-0.2, -0.15) is 0 Å². The lowest BCUT2D eigenvalue weighted by molar-refractivity contribution is -0.153. The predicted molar refractivity (Wildman–Crippen MR) is 181 cm³/mol. The molecule has 244 valence electrons. The van der Waals surface area contributed by atoms with E-state index in [1.54, 1.807) is 36.0 Å². The molecule has 2 aromatic heterocycles. The molecule has 1 saturated heterocycles. The van der Waals surface area contributed by atoms with Gasteiger partial charge in [0.1, 0.15) is 17.1 Å². The molecule has 0 N–H and O–H groups in total. The highest BCUT2D eigenvalue weighted by molar-refractivity contribution is 6.00. The summed E-state index contributed by atoms with van der Waals surface area (Å²) in [6, 6.07) is 30.6. The number of likely N-dealkylation sites (tertiary alicyclic amines) is 1. The van der Waals surface area contributed by atoms with E-state index in [1.807, 2.05) is 91.9 Å². The minimum absolute atomic E-state index is 0.0719. The third-order valence-electron chi connectivity index (χ3n) is 10.0. The minimum Gasteiger partial charge on any atom is -0.467 e. The number of fused-ring (bicyclic) bond motifs is 3. The molecule has 0 spiro atoms. The molecule has 48 heavy (non-hydrogen) atoms. The molecule has 0 unspecified atom stereocenters. The van der Waals surface area contributed by atoms with E-state index in [0.717, 1.165) is 33.6 Å². The van der Waals surface area contributed by atoms with Crippen molar-refractivity contribution in [3.8, 4) is 11.3 Å². The number of amides is 2. The average molecular weight is 643 g/mol. The minimum atomic E-state index is -1.34. The number of hydrogen-bond donors (Lipinski definition) is 0. The Morgan fingerprint density at radius 3 is 2.25 bits per heavy atom. The SMILES string of the molecule is COC(=O)[C@@]1(Cc2ccccc2)[C@H]2c3cc(C(=O)N(C)C)n(Cc4c(-c5ccccc5)noc4C)c3C[C@H]2CN1C(=O)c1ccccc1. The Morgan fingerprint density at radius 1 is 0.958 bits per heavy atom. The molecule has 2 amide bonds. The van der Waals surface area contributed by atoms with Crippen molar-refractivity contribution in [3.63, 3.8) is 0 Å². The van der Waals surface area contributed by atoms with Crippen LogP contribution in [0.2, 0.25) is 0 Å². The number of carbonyl (C=O) groups excluding carboxylic acids is 3. The molecule has 3 aromatic carbocycles. The van der Waals surface area contributed by atoms with Gasteiger partial charge in [-0.25, -0.2) is 4.79 Å². The van der Waals surface area contributed by atoms with Crippen LogP contribution in [0, 0.1) is 12.8 Å².